The van der Waals surface area contributed by atoms with Crippen LogP contribution in [0.5, 0.6) is 0 Å². The van der Waals surface area contributed by atoms with Crippen LogP contribution in [0.3, 0.4) is 0 Å². The normalized spacial score (nSPS) is 10.6. The molecule has 1 amide bonds. The predicted molar refractivity (Wildman–Crippen MR) is 101 cm³/mol. The minimum Gasteiger partial charge on any atom is -0.301 e. The zero-order chi connectivity index (χ0) is 16.9. The number of rotatable bonds is 5. The molecule has 0 radical (unpaired) electrons. The van der Waals surface area contributed by atoms with Crippen LogP contribution in [0.15, 0.2) is 52.9 Å². The molecule has 3 rings (SSSR count). The minimum absolute atomic E-state index is 0.0554. The second-order valence-electron chi connectivity index (χ2n) is 5.34. The van der Waals surface area contributed by atoms with Crippen molar-refractivity contribution in [2.75, 3.05) is 11.1 Å². The fraction of sp³-hybridized carbons (Fsp3) is 0.167. The Kier molecular flexibility index (Phi) is 5.27. The summed E-state index contributed by atoms with van der Waals surface area (Å²) in [6, 6.07) is 11.9. The molecule has 0 saturated heterocycles. The van der Waals surface area contributed by atoms with Crippen LogP contribution in [-0.2, 0) is 4.79 Å². The van der Waals surface area contributed by atoms with E-state index in [0.717, 1.165) is 16.3 Å². The number of hydrogen-bond donors (Lipinski definition) is 1. The summed E-state index contributed by atoms with van der Waals surface area (Å²) in [6.45, 7) is 4.16. The van der Waals surface area contributed by atoms with Crippen LogP contribution in [-0.4, -0.2) is 21.6 Å². The Morgan fingerprint density at radius 1 is 1.17 bits per heavy atom. The Morgan fingerprint density at radius 3 is 2.79 bits per heavy atom. The molecule has 0 spiro atoms. The van der Waals surface area contributed by atoms with Crippen LogP contribution < -0.4 is 5.32 Å². The number of thiazole rings is 1. The van der Waals surface area contributed by atoms with E-state index in [2.05, 4.69) is 41.3 Å². The number of benzene rings is 1. The number of anilines is 1. The fourth-order valence-corrected chi connectivity index (χ4v) is 3.59. The Bertz CT molecular complexity index is 846. The maximum atomic E-state index is 12.1. The first kappa shape index (κ1) is 16.7. The van der Waals surface area contributed by atoms with Crippen LogP contribution >= 0.6 is 23.1 Å². The summed E-state index contributed by atoms with van der Waals surface area (Å²) in [5, 5.41) is 5.34. The van der Waals surface area contributed by atoms with E-state index >= 15 is 0 Å². The number of carbonyl (C=O) groups excluding carboxylic acids is 1. The van der Waals surface area contributed by atoms with Gasteiger partial charge in [0, 0.05) is 16.5 Å². The smallest absolute Gasteiger partial charge is 0.236 e. The van der Waals surface area contributed by atoms with Gasteiger partial charge in [0.15, 0.2) is 5.13 Å². The average Bonchev–Trinajstić information content (AvgIpc) is 3.05. The van der Waals surface area contributed by atoms with Gasteiger partial charge in [-0.05, 0) is 49.2 Å². The van der Waals surface area contributed by atoms with E-state index in [4.69, 9.17) is 0 Å². The summed E-state index contributed by atoms with van der Waals surface area (Å²) in [5.41, 5.74) is 4.07. The zero-order valence-corrected chi connectivity index (χ0v) is 15.1. The molecule has 4 nitrogen and oxygen atoms in total. The lowest BCUT2D eigenvalue weighted by Crippen LogP contribution is -2.13. The predicted octanol–water partition coefficient (Wildman–Crippen LogP) is 4.55. The molecular weight excluding hydrogens is 338 g/mol. The van der Waals surface area contributed by atoms with Crippen LogP contribution in [0.2, 0.25) is 0 Å². The standard InChI is InChI=1S/C18H17N3OS2/c1-12-6-7-14(9-13(12)2)23-11-17(22)21-18-20-16(10-24-18)15-5-3-4-8-19-15/h3-10H,11H2,1-2H3,(H,20,21,22). The summed E-state index contributed by atoms with van der Waals surface area (Å²) < 4.78 is 0. The number of thioether (sulfide) groups is 1. The molecule has 3 aromatic rings. The second-order valence-corrected chi connectivity index (χ2v) is 7.24. The van der Waals surface area contributed by atoms with Gasteiger partial charge < -0.3 is 5.32 Å². The lowest BCUT2D eigenvalue weighted by molar-refractivity contribution is -0.113. The summed E-state index contributed by atoms with van der Waals surface area (Å²) in [6.07, 6.45) is 1.73. The first-order valence-electron chi connectivity index (χ1n) is 7.48. The molecule has 0 aliphatic heterocycles. The van der Waals surface area contributed by atoms with E-state index in [9.17, 15) is 4.79 Å². The van der Waals surface area contributed by atoms with Gasteiger partial charge in [-0.15, -0.1) is 23.1 Å². The first-order valence-corrected chi connectivity index (χ1v) is 9.35. The van der Waals surface area contributed by atoms with E-state index in [1.54, 1.807) is 6.20 Å². The maximum Gasteiger partial charge on any atom is 0.236 e. The highest BCUT2D eigenvalue weighted by atomic mass is 32.2. The van der Waals surface area contributed by atoms with Gasteiger partial charge >= 0.3 is 0 Å². The Balaban J connectivity index is 1.57. The van der Waals surface area contributed by atoms with Crippen LogP contribution in [0.4, 0.5) is 5.13 Å². The first-order chi connectivity index (χ1) is 11.6. The van der Waals surface area contributed by atoms with Gasteiger partial charge in [0.1, 0.15) is 5.69 Å². The molecule has 0 atom stereocenters. The van der Waals surface area contributed by atoms with Crippen molar-refractivity contribution in [1.29, 1.82) is 0 Å². The van der Waals surface area contributed by atoms with Crippen molar-refractivity contribution in [2.24, 2.45) is 0 Å². The third-order valence-corrected chi connectivity index (χ3v) is 5.28. The molecule has 0 unspecified atom stereocenters. The highest BCUT2D eigenvalue weighted by Gasteiger charge is 2.09. The van der Waals surface area contributed by atoms with Crippen LogP contribution in [0.1, 0.15) is 11.1 Å². The molecule has 6 heteroatoms. The monoisotopic (exact) mass is 355 g/mol. The molecule has 2 heterocycles. The van der Waals surface area contributed by atoms with E-state index in [1.165, 1.54) is 34.2 Å². The van der Waals surface area contributed by atoms with E-state index < -0.39 is 0 Å². The van der Waals surface area contributed by atoms with Crippen molar-refractivity contribution in [2.45, 2.75) is 18.7 Å². The largest absolute Gasteiger partial charge is 0.301 e. The zero-order valence-electron chi connectivity index (χ0n) is 13.4. The highest BCUT2D eigenvalue weighted by Crippen LogP contribution is 2.24. The number of nitrogens with one attached hydrogen (secondary N) is 1. The summed E-state index contributed by atoms with van der Waals surface area (Å²) in [7, 11) is 0. The van der Waals surface area contributed by atoms with Gasteiger partial charge in [0.25, 0.3) is 0 Å². The quantitative estimate of drug-likeness (QED) is 0.682. The Hall–Kier alpha value is -2.18. The molecule has 0 bridgehead atoms. The molecule has 24 heavy (non-hydrogen) atoms. The van der Waals surface area contributed by atoms with Gasteiger partial charge in [-0.25, -0.2) is 4.98 Å². The maximum absolute atomic E-state index is 12.1. The summed E-state index contributed by atoms with van der Waals surface area (Å²) in [5.74, 6) is 0.307. The molecule has 122 valence electrons. The SMILES string of the molecule is Cc1ccc(SCC(=O)Nc2nc(-c3ccccn3)cs2)cc1C. The van der Waals surface area contributed by atoms with Crippen LogP contribution in [0.25, 0.3) is 11.4 Å². The van der Waals surface area contributed by atoms with Gasteiger partial charge in [-0.2, -0.15) is 0 Å². The Morgan fingerprint density at radius 2 is 2.04 bits per heavy atom. The molecule has 2 aromatic heterocycles. The number of aryl methyl sites for hydroxylation is 2. The Labute approximate surface area is 149 Å². The topological polar surface area (TPSA) is 54.9 Å². The van der Waals surface area contributed by atoms with Crippen molar-refractivity contribution in [3.63, 3.8) is 0 Å². The van der Waals surface area contributed by atoms with Gasteiger partial charge in [-0.1, -0.05) is 12.1 Å². The lowest BCUT2D eigenvalue weighted by Gasteiger charge is -2.05. The number of amides is 1. The fourth-order valence-electron chi connectivity index (χ4n) is 2.07. The number of hydrogen-bond acceptors (Lipinski definition) is 5. The lowest BCUT2D eigenvalue weighted by atomic mass is 10.1. The van der Waals surface area contributed by atoms with Crippen molar-refractivity contribution in [1.82, 2.24) is 9.97 Å². The number of aromatic nitrogens is 2. The van der Waals surface area contributed by atoms with Gasteiger partial charge in [0.05, 0.1) is 11.4 Å². The molecular formula is C18H17N3OS2. The molecule has 1 aromatic carbocycles. The molecule has 0 aliphatic carbocycles. The van der Waals surface area contributed by atoms with Crippen molar-refractivity contribution < 1.29 is 4.79 Å². The summed E-state index contributed by atoms with van der Waals surface area (Å²) >= 11 is 2.93. The number of pyridine rings is 1. The number of carbonyl (C=O) groups is 1. The van der Waals surface area contributed by atoms with Gasteiger partial charge in [0.2, 0.25) is 5.91 Å². The van der Waals surface area contributed by atoms with Crippen molar-refractivity contribution in [3.8, 4) is 11.4 Å². The van der Waals surface area contributed by atoms with Crippen LogP contribution in [0, 0.1) is 13.8 Å². The molecule has 0 fully saturated rings. The van der Waals surface area contributed by atoms with E-state index in [1.807, 2.05) is 29.6 Å². The molecule has 0 saturated carbocycles. The molecule has 1 N–H and O–H groups in total. The van der Waals surface area contributed by atoms with E-state index in [-0.39, 0.29) is 5.91 Å². The van der Waals surface area contributed by atoms with Crippen molar-refractivity contribution >= 4 is 34.1 Å². The van der Waals surface area contributed by atoms with Gasteiger partial charge in [-0.3, -0.25) is 9.78 Å². The third kappa shape index (κ3) is 4.21. The highest BCUT2D eigenvalue weighted by molar-refractivity contribution is 8.00. The number of nitrogens with zero attached hydrogens (tertiary/aromatic N) is 2. The minimum atomic E-state index is -0.0554. The van der Waals surface area contributed by atoms with Crippen molar-refractivity contribution in [3.05, 3.63) is 59.1 Å². The second kappa shape index (κ2) is 7.59. The third-order valence-electron chi connectivity index (χ3n) is 3.53. The molecule has 0 aliphatic rings. The van der Waals surface area contributed by atoms with E-state index in [0.29, 0.717) is 10.9 Å². The average molecular weight is 355 g/mol. The summed E-state index contributed by atoms with van der Waals surface area (Å²) in [4.78, 5) is 21.9.